The largest absolute Gasteiger partial charge is 0.269 e. The summed E-state index contributed by atoms with van der Waals surface area (Å²) >= 11 is 0. The molecule has 0 aliphatic heterocycles. The van der Waals surface area contributed by atoms with Crippen LogP contribution < -0.4 is 5.56 Å². The second kappa shape index (κ2) is 11.8. The molecule has 0 bridgehead atoms. The molecular weight excluding hydrogens is 308 g/mol. The zero-order valence-corrected chi connectivity index (χ0v) is 15.6. The van der Waals surface area contributed by atoms with Gasteiger partial charge in [-0.25, -0.2) is 4.98 Å². The van der Waals surface area contributed by atoms with Gasteiger partial charge in [0.2, 0.25) is 0 Å². The van der Waals surface area contributed by atoms with Crippen molar-refractivity contribution in [2.24, 2.45) is 0 Å². The van der Waals surface area contributed by atoms with E-state index >= 15 is 0 Å². The molecule has 3 heteroatoms. The van der Waals surface area contributed by atoms with Crippen molar-refractivity contribution in [1.82, 2.24) is 9.55 Å². The third kappa shape index (κ3) is 6.38. The summed E-state index contributed by atoms with van der Waals surface area (Å²) in [6.45, 7) is 8.00. The van der Waals surface area contributed by atoms with E-state index in [1.54, 1.807) is 17.0 Å². The molecule has 0 N–H and O–H groups in total. The number of hydrogen-bond acceptors (Lipinski definition) is 2. The minimum atomic E-state index is -0.0424. The second-order valence-corrected chi connectivity index (χ2v) is 4.91. The van der Waals surface area contributed by atoms with E-state index in [0.717, 1.165) is 24.2 Å². The van der Waals surface area contributed by atoms with Crippen molar-refractivity contribution in [1.29, 1.82) is 0 Å². The van der Waals surface area contributed by atoms with Crippen molar-refractivity contribution < 1.29 is 0 Å². The monoisotopic (exact) mass is 336 g/mol. The Hall–Kier alpha value is -2.68. The Morgan fingerprint density at radius 1 is 0.800 bits per heavy atom. The molecule has 0 amide bonds. The number of rotatable bonds is 4. The highest BCUT2D eigenvalue weighted by Gasteiger charge is 2.02. The lowest BCUT2D eigenvalue weighted by Crippen LogP contribution is -2.19. The van der Waals surface area contributed by atoms with Gasteiger partial charge in [-0.2, -0.15) is 0 Å². The van der Waals surface area contributed by atoms with Gasteiger partial charge in [0, 0.05) is 11.8 Å². The van der Waals surface area contributed by atoms with Crippen LogP contribution in [0.1, 0.15) is 39.0 Å². The van der Waals surface area contributed by atoms with E-state index in [-0.39, 0.29) is 5.56 Å². The normalized spacial score (nSPS) is 9.28. The predicted octanol–water partition coefficient (Wildman–Crippen LogP) is 5.07. The van der Waals surface area contributed by atoms with Crippen molar-refractivity contribution in [2.45, 2.75) is 40.5 Å². The molecule has 2 aromatic carbocycles. The number of aromatic nitrogens is 2. The molecule has 3 aromatic rings. The Morgan fingerprint density at radius 2 is 1.36 bits per heavy atom. The molecule has 1 heterocycles. The maximum atomic E-state index is 12.2. The van der Waals surface area contributed by atoms with Gasteiger partial charge in [0.1, 0.15) is 6.33 Å². The summed E-state index contributed by atoms with van der Waals surface area (Å²) in [6, 6.07) is 21.4. The molecule has 0 atom stereocenters. The van der Waals surface area contributed by atoms with Crippen LogP contribution >= 0.6 is 0 Å². The molecule has 3 rings (SSSR count). The zero-order valence-electron chi connectivity index (χ0n) is 15.6. The van der Waals surface area contributed by atoms with E-state index in [0.29, 0.717) is 0 Å². The smallest absolute Gasteiger partial charge is 0.258 e. The SMILES string of the molecule is CC.CC.O=c1cc(CCc2ccccc2)ncn1-c1ccccc1. The first-order valence-electron chi connectivity index (χ1n) is 9.00. The molecule has 0 aliphatic carbocycles. The van der Waals surface area contributed by atoms with Crippen LogP contribution in [-0.2, 0) is 12.8 Å². The fourth-order valence-electron chi connectivity index (χ4n) is 2.27. The van der Waals surface area contributed by atoms with Gasteiger partial charge >= 0.3 is 0 Å². The minimum absolute atomic E-state index is 0.0424. The second-order valence-electron chi connectivity index (χ2n) is 4.91. The summed E-state index contributed by atoms with van der Waals surface area (Å²) in [4.78, 5) is 16.6. The van der Waals surface area contributed by atoms with E-state index in [2.05, 4.69) is 17.1 Å². The summed E-state index contributed by atoms with van der Waals surface area (Å²) < 4.78 is 1.56. The van der Waals surface area contributed by atoms with Gasteiger partial charge in [0.15, 0.2) is 0 Å². The third-order valence-corrected chi connectivity index (χ3v) is 3.41. The maximum absolute atomic E-state index is 12.2. The number of hydrogen-bond donors (Lipinski definition) is 0. The van der Waals surface area contributed by atoms with Crippen molar-refractivity contribution >= 4 is 0 Å². The van der Waals surface area contributed by atoms with Crippen molar-refractivity contribution in [3.63, 3.8) is 0 Å². The van der Waals surface area contributed by atoms with Crippen LogP contribution in [0.4, 0.5) is 0 Å². The summed E-state index contributed by atoms with van der Waals surface area (Å²) in [5, 5.41) is 0. The molecule has 132 valence electrons. The highest BCUT2D eigenvalue weighted by atomic mass is 16.1. The van der Waals surface area contributed by atoms with E-state index in [9.17, 15) is 4.79 Å². The average Bonchev–Trinajstić information content (AvgIpc) is 2.71. The van der Waals surface area contributed by atoms with Gasteiger partial charge < -0.3 is 0 Å². The molecule has 0 radical (unpaired) electrons. The first-order valence-corrected chi connectivity index (χ1v) is 9.00. The van der Waals surface area contributed by atoms with Crippen LogP contribution in [0.15, 0.2) is 77.9 Å². The molecule has 25 heavy (non-hydrogen) atoms. The Balaban J connectivity index is 0.000000730. The zero-order chi connectivity index (χ0) is 18.5. The van der Waals surface area contributed by atoms with Crippen LogP contribution in [0.5, 0.6) is 0 Å². The van der Waals surface area contributed by atoms with E-state index in [1.165, 1.54) is 5.56 Å². The Labute approximate surface area is 151 Å². The highest BCUT2D eigenvalue weighted by Crippen LogP contribution is 2.06. The lowest BCUT2D eigenvalue weighted by atomic mass is 10.1. The first kappa shape index (κ1) is 20.4. The molecule has 0 spiro atoms. The van der Waals surface area contributed by atoms with Gasteiger partial charge in [-0.15, -0.1) is 0 Å². The van der Waals surface area contributed by atoms with Crippen LogP contribution in [0.25, 0.3) is 5.69 Å². The molecule has 0 saturated heterocycles. The van der Waals surface area contributed by atoms with Crippen LogP contribution in [-0.4, -0.2) is 9.55 Å². The Kier molecular flexibility index (Phi) is 9.61. The van der Waals surface area contributed by atoms with Crippen molar-refractivity contribution in [2.75, 3.05) is 0 Å². The highest BCUT2D eigenvalue weighted by molar-refractivity contribution is 5.31. The van der Waals surface area contributed by atoms with E-state index in [1.807, 2.05) is 76.2 Å². The van der Waals surface area contributed by atoms with Crippen LogP contribution in [0.2, 0.25) is 0 Å². The summed E-state index contributed by atoms with van der Waals surface area (Å²) in [7, 11) is 0. The van der Waals surface area contributed by atoms with Gasteiger partial charge in [-0.3, -0.25) is 9.36 Å². The lowest BCUT2D eigenvalue weighted by Gasteiger charge is -2.06. The quantitative estimate of drug-likeness (QED) is 0.666. The topological polar surface area (TPSA) is 34.9 Å². The number of nitrogens with zero attached hydrogens (tertiary/aromatic N) is 2. The van der Waals surface area contributed by atoms with Crippen molar-refractivity contribution in [3.8, 4) is 5.69 Å². The van der Waals surface area contributed by atoms with Gasteiger partial charge in [0.25, 0.3) is 5.56 Å². The summed E-state index contributed by atoms with van der Waals surface area (Å²) in [5.74, 6) is 0. The Bertz CT molecular complexity index is 765. The molecule has 1 aromatic heterocycles. The third-order valence-electron chi connectivity index (χ3n) is 3.41. The lowest BCUT2D eigenvalue weighted by molar-refractivity contribution is 0.851. The van der Waals surface area contributed by atoms with Crippen molar-refractivity contribution in [3.05, 3.63) is 94.7 Å². The fraction of sp³-hybridized carbons (Fsp3) is 0.273. The Morgan fingerprint density at radius 3 is 1.92 bits per heavy atom. The molecule has 0 unspecified atom stereocenters. The van der Waals surface area contributed by atoms with Gasteiger partial charge in [0.05, 0.1) is 5.69 Å². The molecule has 0 aliphatic rings. The van der Waals surface area contributed by atoms with Crippen LogP contribution in [0, 0.1) is 0 Å². The maximum Gasteiger partial charge on any atom is 0.258 e. The van der Waals surface area contributed by atoms with Crippen LogP contribution in [0.3, 0.4) is 0 Å². The summed E-state index contributed by atoms with van der Waals surface area (Å²) in [6.07, 6.45) is 3.27. The number of benzene rings is 2. The van der Waals surface area contributed by atoms with E-state index < -0.39 is 0 Å². The first-order chi connectivity index (χ1) is 12.3. The predicted molar refractivity (Wildman–Crippen MR) is 106 cm³/mol. The van der Waals surface area contributed by atoms with E-state index in [4.69, 9.17) is 0 Å². The molecule has 0 saturated carbocycles. The minimum Gasteiger partial charge on any atom is -0.269 e. The number of aryl methyl sites for hydroxylation is 2. The number of para-hydroxylation sites is 1. The summed E-state index contributed by atoms with van der Waals surface area (Å²) in [5.41, 5.74) is 2.88. The average molecular weight is 336 g/mol. The fourth-order valence-corrected chi connectivity index (χ4v) is 2.27. The van der Waals surface area contributed by atoms with Gasteiger partial charge in [-0.05, 0) is 30.5 Å². The molecule has 0 fully saturated rings. The van der Waals surface area contributed by atoms with Gasteiger partial charge in [-0.1, -0.05) is 76.2 Å². The standard InChI is InChI=1S/C18H16N2O.2C2H6/c21-18-13-16(12-11-15-7-3-1-4-8-15)19-14-20(18)17-9-5-2-6-10-17;2*1-2/h1-10,13-14H,11-12H2;2*1-2H3. The molecule has 3 nitrogen and oxygen atoms in total. The molecular formula is C22H28N2O.